The number of carbonyl (C=O) groups excluding carboxylic acids is 3. The maximum absolute atomic E-state index is 13.7. The molecular weight excluding hydrogens is 607 g/mol. The highest BCUT2D eigenvalue weighted by Crippen LogP contribution is 2.37. The Morgan fingerprint density at radius 1 is 0.702 bits per heavy atom. The van der Waals surface area contributed by atoms with Gasteiger partial charge in [0.2, 0.25) is 5.91 Å². The Morgan fingerprint density at radius 2 is 1.38 bits per heavy atom. The number of anilines is 2. The van der Waals surface area contributed by atoms with E-state index in [9.17, 15) is 14.4 Å². The third-order valence-corrected chi connectivity index (χ3v) is 8.68. The molecule has 0 aliphatic heterocycles. The van der Waals surface area contributed by atoms with Crippen molar-refractivity contribution < 1.29 is 19.1 Å². The van der Waals surface area contributed by atoms with Crippen LogP contribution in [0.2, 0.25) is 0 Å². The van der Waals surface area contributed by atoms with Gasteiger partial charge in [-0.2, -0.15) is 0 Å². The van der Waals surface area contributed by atoms with Crippen LogP contribution in [0.5, 0.6) is 5.75 Å². The van der Waals surface area contributed by atoms with Gasteiger partial charge in [0.1, 0.15) is 16.7 Å². The molecule has 5 aromatic carbocycles. The van der Waals surface area contributed by atoms with Crippen molar-refractivity contribution in [3.63, 3.8) is 0 Å². The molecule has 1 unspecified atom stereocenters. The molecule has 0 saturated carbocycles. The first-order valence-electron chi connectivity index (χ1n) is 15.0. The number of rotatable bonds is 11. The minimum absolute atomic E-state index is 0.0383. The predicted molar refractivity (Wildman–Crippen MR) is 190 cm³/mol. The number of hydrogen-bond acceptors (Lipinski definition) is 5. The van der Waals surface area contributed by atoms with Gasteiger partial charge < -0.3 is 20.7 Å². The lowest BCUT2D eigenvalue weighted by Gasteiger charge is -2.18. The van der Waals surface area contributed by atoms with E-state index in [1.807, 2.05) is 98.8 Å². The van der Waals surface area contributed by atoms with Crippen molar-refractivity contribution in [2.24, 2.45) is 0 Å². The maximum Gasteiger partial charge on any atom is 0.272 e. The number of nitrogens with one attached hydrogen (secondary N) is 3. The molecule has 0 radical (unpaired) electrons. The van der Waals surface area contributed by atoms with E-state index in [0.717, 1.165) is 27.3 Å². The minimum atomic E-state index is -0.560. The van der Waals surface area contributed by atoms with E-state index < -0.39 is 17.1 Å². The fourth-order valence-corrected chi connectivity index (χ4v) is 5.88. The molecule has 7 nitrogen and oxygen atoms in total. The third kappa shape index (κ3) is 8.77. The van der Waals surface area contributed by atoms with Gasteiger partial charge in [0.25, 0.3) is 11.8 Å². The Kier molecular flexibility index (Phi) is 10.9. The predicted octanol–water partition coefficient (Wildman–Crippen LogP) is 8.19. The Labute approximate surface area is 279 Å². The molecule has 8 heteroatoms. The van der Waals surface area contributed by atoms with E-state index in [0.29, 0.717) is 22.6 Å². The first kappa shape index (κ1) is 32.8. The number of amides is 3. The average Bonchev–Trinajstić information content (AvgIpc) is 3.09. The highest BCUT2D eigenvalue weighted by molar-refractivity contribution is 8.00. The molecule has 0 bridgehead atoms. The lowest BCUT2D eigenvalue weighted by molar-refractivity contribution is -0.116. The van der Waals surface area contributed by atoms with Crippen molar-refractivity contribution in [3.05, 3.63) is 161 Å². The molecule has 47 heavy (non-hydrogen) atoms. The summed E-state index contributed by atoms with van der Waals surface area (Å²) in [5.74, 6) is -0.554. The molecule has 0 aliphatic carbocycles. The van der Waals surface area contributed by atoms with E-state index in [2.05, 4.69) is 16.0 Å². The van der Waals surface area contributed by atoms with E-state index in [1.165, 1.54) is 11.8 Å². The number of thioether (sulfide) groups is 1. The van der Waals surface area contributed by atoms with Crippen molar-refractivity contribution in [1.29, 1.82) is 0 Å². The Balaban J connectivity index is 1.39. The number of hydrogen-bond donors (Lipinski definition) is 3. The molecule has 236 valence electrons. The van der Waals surface area contributed by atoms with Crippen LogP contribution in [0.1, 0.15) is 37.9 Å². The Bertz CT molecular complexity index is 1910. The van der Waals surface area contributed by atoms with Crippen LogP contribution in [0.25, 0.3) is 6.08 Å². The van der Waals surface area contributed by atoms with E-state index in [-0.39, 0.29) is 11.6 Å². The highest BCUT2D eigenvalue weighted by Gasteiger charge is 2.23. The van der Waals surface area contributed by atoms with Crippen LogP contribution < -0.4 is 20.7 Å². The molecule has 5 rings (SSSR count). The van der Waals surface area contributed by atoms with Crippen molar-refractivity contribution in [2.45, 2.75) is 24.0 Å². The summed E-state index contributed by atoms with van der Waals surface area (Å²) in [6.45, 7) is 4.04. The molecule has 3 amide bonds. The molecule has 0 aliphatic rings. The van der Waals surface area contributed by atoms with E-state index >= 15 is 0 Å². The lowest BCUT2D eigenvalue weighted by Crippen LogP contribution is -2.30. The smallest absolute Gasteiger partial charge is 0.272 e. The fourth-order valence-electron chi connectivity index (χ4n) is 4.79. The van der Waals surface area contributed by atoms with Crippen LogP contribution in [0, 0.1) is 13.8 Å². The normalized spacial score (nSPS) is 11.7. The molecule has 1 atom stereocenters. The van der Waals surface area contributed by atoms with Gasteiger partial charge in [-0.25, -0.2) is 0 Å². The van der Waals surface area contributed by atoms with Gasteiger partial charge in [0.05, 0.1) is 7.11 Å². The summed E-state index contributed by atoms with van der Waals surface area (Å²) in [5.41, 5.74) is 5.39. The van der Waals surface area contributed by atoms with Crippen molar-refractivity contribution >= 4 is 46.9 Å². The van der Waals surface area contributed by atoms with Gasteiger partial charge in [0.15, 0.2) is 0 Å². The number of para-hydroxylation sites is 1. The lowest BCUT2D eigenvalue weighted by atomic mass is 10.1. The second kappa shape index (κ2) is 15.6. The van der Waals surface area contributed by atoms with Gasteiger partial charge in [-0.1, -0.05) is 78.9 Å². The zero-order chi connectivity index (χ0) is 33.2. The van der Waals surface area contributed by atoms with Gasteiger partial charge in [-0.3, -0.25) is 14.4 Å². The molecule has 3 N–H and O–H groups in total. The summed E-state index contributed by atoms with van der Waals surface area (Å²) in [4.78, 5) is 41.2. The van der Waals surface area contributed by atoms with Crippen LogP contribution in [-0.4, -0.2) is 24.8 Å². The Hall–Kier alpha value is -5.60. The van der Waals surface area contributed by atoms with E-state index in [4.69, 9.17) is 4.74 Å². The zero-order valence-corrected chi connectivity index (χ0v) is 27.1. The largest absolute Gasteiger partial charge is 0.496 e. The van der Waals surface area contributed by atoms with Crippen molar-refractivity contribution in [3.8, 4) is 5.75 Å². The standard InChI is InChI=1S/C39H35N3O4S/c1-26-21-22-32(23-27(26)2)41-39(45)36(28-13-6-4-7-14-28)47-33-19-12-18-31(25-33)40-38(44)34(24-30-17-10-11-20-35(30)46-3)42-37(43)29-15-8-5-9-16-29/h4-25,36H,1-3H3,(H,40,44)(H,41,45)(H,42,43)/b34-24+. The quantitative estimate of drug-likeness (QED) is 0.0998. The summed E-state index contributed by atoms with van der Waals surface area (Å²) < 4.78 is 5.47. The molecular formula is C39H35N3O4S. The molecule has 0 saturated heterocycles. The number of benzene rings is 5. The summed E-state index contributed by atoms with van der Waals surface area (Å²) in [6.07, 6.45) is 1.58. The van der Waals surface area contributed by atoms with Gasteiger partial charge in [-0.05, 0) is 85.1 Å². The number of carbonyl (C=O) groups is 3. The van der Waals surface area contributed by atoms with Crippen LogP contribution in [0.4, 0.5) is 11.4 Å². The SMILES string of the molecule is COc1ccccc1/C=C(/NC(=O)c1ccccc1)C(=O)Nc1cccc(SC(C(=O)Nc2ccc(C)c(C)c2)c2ccccc2)c1. The Morgan fingerprint density at radius 3 is 2.11 bits per heavy atom. The van der Waals surface area contributed by atoms with Gasteiger partial charge >= 0.3 is 0 Å². The topological polar surface area (TPSA) is 96.5 Å². The fraction of sp³-hybridized carbons (Fsp3) is 0.103. The second-order valence-electron chi connectivity index (χ2n) is 10.8. The summed E-state index contributed by atoms with van der Waals surface area (Å²) >= 11 is 1.38. The summed E-state index contributed by atoms with van der Waals surface area (Å²) in [6, 6.07) is 38.6. The van der Waals surface area contributed by atoms with E-state index in [1.54, 1.807) is 55.7 Å². The van der Waals surface area contributed by atoms with Crippen molar-refractivity contribution in [2.75, 3.05) is 17.7 Å². The molecule has 0 spiro atoms. The van der Waals surface area contributed by atoms with Gasteiger partial charge in [0, 0.05) is 27.4 Å². The zero-order valence-electron chi connectivity index (χ0n) is 26.3. The molecule has 5 aromatic rings. The van der Waals surface area contributed by atoms with Crippen LogP contribution in [-0.2, 0) is 9.59 Å². The maximum atomic E-state index is 13.7. The number of methoxy groups -OCH3 is 1. The number of ether oxygens (including phenoxy) is 1. The average molecular weight is 642 g/mol. The van der Waals surface area contributed by atoms with Crippen LogP contribution >= 0.6 is 11.8 Å². The molecule has 0 aromatic heterocycles. The van der Waals surface area contributed by atoms with Crippen molar-refractivity contribution in [1.82, 2.24) is 5.32 Å². The first-order valence-corrected chi connectivity index (χ1v) is 15.9. The third-order valence-electron chi connectivity index (χ3n) is 7.43. The molecule has 0 heterocycles. The summed E-state index contributed by atoms with van der Waals surface area (Å²) in [7, 11) is 1.54. The van der Waals surface area contributed by atoms with Gasteiger partial charge in [-0.15, -0.1) is 11.8 Å². The minimum Gasteiger partial charge on any atom is -0.496 e. The second-order valence-corrected chi connectivity index (χ2v) is 12.0. The number of aryl methyl sites for hydroxylation is 2. The first-order chi connectivity index (χ1) is 22.8. The molecule has 0 fully saturated rings. The summed E-state index contributed by atoms with van der Waals surface area (Å²) in [5, 5.41) is 8.18. The van der Waals surface area contributed by atoms with Crippen LogP contribution in [0.3, 0.4) is 0 Å². The highest BCUT2D eigenvalue weighted by atomic mass is 32.2. The monoisotopic (exact) mass is 641 g/mol. The van der Waals surface area contributed by atoms with Crippen LogP contribution in [0.15, 0.2) is 138 Å².